The van der Waals surface area contributed by atoms with Crippen LogP contribution in [0.5, 0.6) is 11.5 Å². The summed E-state index contributed by atoms with van der Waals surface area (Å²) < 4.78 is 10.4. The molecule has 0 saturated heterocycles. The maximum absolute atomic E-state index is 12.3. The summed E-state index contributed by atoms with van der Waals surface area (Å²) in [6.07, 6.45) is 1.45. The molecule has 0 atom stereocenters. The molecular formula is C18H16N4O4S. The van der Waals surface area contributed by atoms with Crippen LogP contribution in [0.3, 0.4) is 0 Å². The van der Waals surface area contributed by atoms with Gasteiger partial charge in [-0.05, 0) is 41.3 Å². The average molecular weight is 384 g/mol. The molecule has 0 unspecified atom stereocenters. The third-order valence-corrected chi connectivity index (χ3v) is 4.45. The van der Waals surface area contributed by atoms with Gasteiger partial charge in [0.1, 0.15) is 5.69 Å². The number of hydrogen-bond acceptors (Lipinski definition) is 7. The predicted molar refractivity (Wildman–Crippen MR) is 103 cm³/mol. The highest BCUT2D eigenvalue weighted by Crippen LogP contribution is 2.26. The van der Waals surface area contributed by atoms with Crippen molar-refractivity contribution in [2.24, 2.45) is 5.10 Å². The summed E-state index contributed by atoms with van der Waals surface area (Å²) in [4.78, 5) is 31.1. The molecular weight excluding hydrogens is 368 g/mol. The zero-order chi connectivity index (χ0) is 19.2. The van der Waals surface area contributed by atoms with Gasteiger partial charge in [0.2, 0.25) is 0 Å². The number of aromatic nitrogens is 2. The lowest BCUT2D eigenvalue weighted by atomic mass is 10.2. The standard InChI is InChI=1S/C18H16N4O4S/c1-25-14-6-5-11(8-15(14)26-2)10-19-22-17(23)13-9-12(20-18(24)21-13)16-4-3-7-27-16/h3-10H,1-2H3,(H,22,23)(H,20,21,24)/b19-10+. The number of nitrogens with zero attached hydrogens (tertiary/aromatic N) is 2. The van der Waals surface area contributed by atoms with Crippen LogP contribution in [0, 0.1) is 0 Å². The first-order valence-electron chi connectivity index (χ1n) is 7.81. The SMILES string of the molecule is COc1ccc(/C=N/NC(=O)c2cc(-c3cccs3)[nH]c(=O)n2)cc1OC. The maximum Gasteiger partial charge on any atom is 0.346 e. The highest BCUT2D eigenvalue weighted by atomic mass is 32.1. The Morgan fingerprint density at radius 2 is 2.04 bits per heavy atom. The number of nitrogens with one attached hydrogen (secondary N) is 2. The van der Waals surface area contributed by atoms with Crippen LogP contribution in [0.1, 0.15) is 16.1 Å². The summed E-state index contributed by atoms with van der Waals surface area (Å²) in [5.41, 5.74) is 2.96. The van der Waals surface area contributed by atoms with E-state index >= 15 is 0 Å². The predicted octanol–water partition coefficient (Wildman–Crippen LogP) is 2.28. The van der Waals surface area contributed by atoms with Gasteiger partial charge in [-0.25, -0.2) is 10.2 Å². The molecule has 0 spiro atoms. The molecule has 0 aliphatic heterocycles. The minimum absolute atomic E-state index is 0.0217. The van der Waals surface area contributed by atoms with Gasteiger partial charge in [-0.1, -0.05) is 6.07 Å². The van der Waals surface area contributed by atoms with Gasteiger partial charge in [-0.2, -0.15) is 10.1 Å². The molecule has 27 heavy (non-hydrogen) atoms. The van der Waals surface area contributed by atoms with Gasteiger partial charge in [0.25, 0.3) is 5.91 Å². The largest absolute Gasteiger partial charge is 0.493 e. The Labute approximate surface area is 158 Å². The lowest BCUT2D eigenvalue weighted by Crippen LogP contribution is -2.24. The summed E-state index contributed by atoms with van der Waals surface area (Å²) in [6.45, 7) is 0. The first-order valence-corrected chi connectivity index (χ1v) is 8.69. The molecule has 0 radical (unpaired) electrons. The summed E-state index contributed by atoms with van der Waals surface area (Å²) in [6, 6.07) is 10.4. The summed E-state index contributed by atoms with van der Waals surface area (Å²) in [7, 11) is 3.08. The van der Waals surface area contributed by atoms with E-state index in [2.05, 4.69) is 20.5 Å². The quantitative estimate of drug-likeness (QED) is 0.501. The van der Waals surface area contributed by atoms with Crippen LogP contribution in [-0.2, 0) is 0 Å². The third kappa shape index (κ3) is 4.39. The Morgan fingerprint density at radius 1 is 1.22 bits per heavy atom. The van der Waals surface area contributed by atoms with E-state index in [0.29, 0.717) is 22.8 Å². The Morgan fingerprint density at radius 3 is 2.74 bits per heavy atom. The van der Waals surface area contributed by atoms with Crippen molar-refractivity contribution in [1.82, 2.24) is 15.4 Å². The molecule has 9 heteroatoms. The maximum atomic E-state index is 12.3. The van der Waals surface area contributed by atoms with Gasteiger partial charge < -0.3 is 14.5 Å². The lowest BCUT2D eigenvalue weighted by molar-refractivity contribution is 0.0949. The van der Waals surface area contributed by atoms with E-state index in [9.17, 15) is 9.59 Å². The fourth-order valence-corrected chi connectivity index (χ4v) is 2.99. The van der Waals surface area contributed by atoms with E-state index in [1.54, 1.807) is 25.3 Å². The molecule has 0 saturated carbocycles. The van der Waals surface area contributed by atoms with Crippen molar-refractivity contribution in [1.29, 1.82) is 0 Å². The number of ether oxygens (including phenoxy) is 2. The molecule has 3 rings (SSSR count). The minimum Gasteiger partial charge on any atom is -0.493 e. The minimum atomic E-state index is -0.602. The molecule has 0 aliphatic rings. The fourth-order valence-electron chi connectivity index (χ4n) is 2.29. The average Bonchev–Trinajstić information content (AvgIpc) is 3.22. The number of carbonyl (C=O) groups excluding carboxylic acids is 1. The van der Waals surface area contributed by atoms with Gasteiger partial charge in [0.15, 0.2) is 11.5 Å². The van der Waals surface area contributed by atoms with E-state index in [1.807, 2.05) is 17.5 Å². The molecule has 3 aromatic rings. The summed E-state index contributed by atoms with van der Waals surface area (Å²) in [5.74, 6) is 0.549. The molecule has 138 valence electrons. The van der Waals surface area contributed by atoms with Crippen LogP contribution in [0.2, 0.25) is 0 Å². The highest BCUT2D eigenvalue weighted by Gasteiger charge is 2.11. The van der Waals surface area contributed by atoms with Crippen molar-refractivity contribution in [3.05, 3.63) is 63.5 Å². The number of methoxy groups -OCH3 is 2. The van der Waals surface area contributed by atoms with E-state index < -0.39 is 11.6 Å². The molecule has 0 fully saturated rings. The number of benzene rings is 1. The molecule has 0 aliphatic carbocycles. The van der Waals surface area contributed by atoms with Crippen LogP contribution in [0.4, 0.5) is 0 Å². The van der Waals surface area contributed by atoms with Crippen molar-refractivity contribution in [3.8, 4) is 22.1 Å². The second-order valence-electron chi connectivity index (χ2n) is 5.28. The van der Waals surface area contributed by atoms with Crippen LogP contribution in [-0.4, -0.2) is 36.3 Å². The van der Waals surface area contributed by atoms with Gasteiger partial charge in [-0.3, -0.25) is 4.79 Å². The molecule has 8 nitrogen and oxygen atoms in total. The van der Waals surface area contributed by atoms with E-state index in [4.69, 9.17) is 9.47 Å². The third-order valence-electron chi connectivity index (χ3n) is 3.55. The number of hydrogen-bond donors (Lipinski definition) is 2. The molecule has 2 aromatic heterocycles. The Bertz CT molecular complexity index is 1030. The number of H-pyrrole nitrogens is 1. The smallest absolute Gasteiger partial charge is 0.346 e. The number of amides is 1. The van der Waals surface area contributed by atoms with E-state index in [1.165, 1.54) is 30.7 Å². The summed E-state index contributed by atoms with van der Waals surface area (Å²) >= 11 is 1.45. The van der Waals surface area contributed by atoms with Gasteiger partial charge in [-0.15, -0.1) is 11.3 Å². The number of aromatic amines is 1. The Balaban J connectivity index is 1.74. The monoisotopic (exact) mass is 384 g/mol. The second-order valence-corrected chi connectivity index (χ2v) is 6.22. The van der Waals surface area contributed by atoms with Crippen molar-refractivity contribution >= 4 is 23.5 Å². The molecule has 1 aromatic carbocycles. The number of rotatable bonds is 6. The first-order chi connectivity index (χ1) is 13.1. The normalized spacial score (nSPS) is 10.7. The number of thiophene rings is 1. The fraction of sp³-hybridized carbons (Fsp3) is 0.111. The molecule has 1 amide bonds. The zero-order valence-corrected chi connectivity index (χ0v) is 15.4. The van der Waals surface area contributed by atoms with Gasteiger partial charge in [0, 0.05) is 0 Å². The number of hydrazone groups is 1. The summed E-state index contributed by atoms with van der Waals surface area (Å²) in [5, 5.41) is 5.78. The van der Waals surface area contributed by atoms with Crippen LogP contribution >= 0.6 is 11.3 Å². The van der Waals surface area contributed by atoms with Crippen LogP contribution in [0.15, 0.2) is 51.7 Å². The topological polar surface area (TPSA) is 106 Å². The van der Waals surface area contributed by atoms with Gasteiger partial charge in [0.05, 0.1) is 31.0 Å². The Hall–Kier alpha value is -3.46. The van der Waals surface area contributed by atoms with Crippen molar-refractivity contribution in [2.45, 2.75) is 0 Å². The van der Waals surface area contributed by atoms with Crippen LogP contribution in [0.25, 0.3) is 10.6 Å². The first kappa shape index (κ1) is 18.3. The Kier molecular flexibility index (Phi) is 5.62. The van der Waals surface area contributed by atoms with Crippen molar-refractivity contribution in [2.75, 3.05) is 14.2 Å². The molecule has 0 bridgehead atoms. The van der Waals surface area contributed by atoms with Crippen LogP contribution < -0.4 is 20.6 Å². The lowest BCUT2D eigenvalue weighted by Gasteiger charge is -2.07. The molecule has 2 heterocycles. The van der Waals surface area contributed by atoms with E-state index in [-0.39, 0.29) is 5.69 Å². The van der Waals surface area contributed by atoms with Crippen molar-refractivity contribution in [3.63, 3.8) is 0 Å². The second kappa shape index (κ2) is 8.28. The van der Waals surface area contributed by atoms with Crippen molar-refractivity contribution < 1.29 is 14.3 Å². The number of carbonyl (C=O) groups is 1. The molecule has 2 N–H and O–H groups in total. The van der Waals surface area contributed by atoms with Gasteiger partial charge >= 0.3 is 5.69 Å². The van der Waals surface area contributed by atoms with E-state index in [0.717, 1.165) is 4.88 Å². The highest BCUT2D eigenvalue weighted by molar-refractivity contribution is 7.13. The zero-order valence-electron chi connectivity index (χ0n) is 14.6.